The minimum absolute atomic E-state index is 0.106. The molecule has 0 aliphatic heterocycles. The molecule has 1 rings (SSSR count). The highest BCUT2D eigenvalue weighted by molar-refractivity contribution is 7.78. The molecule has 0 aromatic heterocycles. The minimum Gasteiger partial charge on any atom is -0.482 e. The van der Waals surface area contributed by atoms with Crippen LogP contribution in [0.15, 0.2) is 17.1 Å². The molecule has 0 saturated heterocycles. The van der Waals surface area contributed by atoms with E-state index in [1.165, 1.54) is 7.11 Å². The summed E-state index contributed by atoms with van der Waals surface area (Å²) in [6, 6.07) is 3.59. The molecule has 0 spiro atoms. The Hall–Kier alpha value is -1.71. The first-order valence-electron chi connectivity index (χ1n) is 4.97. The van der Waals surface area contributed by atoms with E-state index in [0.29, 0.717) is 5.75 Å². The fourth-order valence-corrected chi connectivity index (χ4v) is 1.51. The van der Waals surface area contributed by atoms with Gasteiger partial charge in [0.2, 0.25) is 0 Å². The Morgan fingerprint density at radius 1 is 1.41 bits per heavy atom. The zero-order valence-electron chi connectivity index (χ0n) is 9.94. The summed E-state index contributed by atoms with van der Waals surface area (Å²) in [4.78, 5) is 14.9. The molecule has 17 heavy (non-hydrogen) atoms. The fourth-order valence-electron chi connectivity index (χ4n) is 1.42. The molecule has 0 fully saturated rings. The molecule has 90 valence electrons. The maximum Gasteiger partial charge on any atom is 0.343 e. The van der Waals surface area contributed by atoms with E-state index in [0.717, 1.165) is 16.8 Å². The lowest BCUT2D eigenvalue weighted by Crippen LogP contribution is -2.12. The molecule has 1 aromatic carbocycles. The molecule has 0 radical (unpaired) electrons. The summed E-state index contributed by atoms with van der Waals surface area (Å²) in [5, 5.41) is 2.34. The van der Waals surface area contributed by atoms with Gasteiger partial charge in [0.25, 0.3) is 0 Å². The summed E-state index contributed by atoms with van der Waals surface area (Å²) in [7, 11) is 1.32. The van der Waals surface area contributed by atoms with Gasteiger partial charge in [-0.3, -0.25) is 0 Å². The minimum atomic E-state index is -0.415. The first-order chi connectivity index (χ1) is 8.08. The second-order valence-electron chi connectivity index (χ2n) is 3.47. The third-order valence-corrected chi connectivity index (χ3v) is 2.30. The van der Waals surface area contributed by atoms with Gasteiger partial charge in [0.05, 0.1) is 18.0 Å². The van der Waals surface area contributed by atoms with Crippen LogP contribution in [0.1, 0.15) is 11.1 Å². The maximum atomic E-state index is 10.9. The smallest absolute Gasteiger partial charge is 0.343 e. The number of carbonyl (C=O) groups excluding carboxylic acids is 1. The van der Waals surface area contributed by atoms with Crippen LogP contribution < -0.4 is 4.74 Å². The first-order valence-corrected chi connectivity index (χ1v) is 5.38. The molecule has 0 aliphatic carbocycles. The summed E-state index contributed by atoms with van der Waals surface area (Å²) in [5.74, 6) is 0.190. The van der Waals surface area contributed by atoms with Gasteiger partial charge in [-0.2, -0.15) is 4.99 Å². The van der Waals surface area contributed by atoms with Gasteiger partial charge in [0.15, 0.2) is 6.61 Å². The van der Waals surface area contributed by atoms with Gasteiger partial charge in [0.1, 0.15) is 5.75 Å². The van der Waals surface area contributed by atoms with Gasteiger partial charge in [-0.15, -0.1) is 0 Å². The Morgan fingerprint density at radius 3 is 2.47 bits per heavy atom. The highest BCUT2D eigenvalue weighted by Gasteiger charge is 2.07. The SMILES string of the molecule is COC(=O)COc1cc(C)c(N=C=S)c(C)c1. The van der Waals surface area contributed by atoms with Gasteiger partial charge >= 0.3 is 5.97 Å². The molecular weight excluding hydrogens is 238 g/mol. The standard InChI is InChI=1S/C12H13NO3S/c1-8-4-10(16-6-11(14)15-3)5-9(2)12(8)13-7-17/h4-5H,6H2,1-3H3. The molecule has 1 aromatic rings. The number of rotatable bonds is 4. The number of isothiocyanates is 1. The van der Waals surface area contributed by atoms with E-state index in [1.54, 1.807) is 12.1 Å². The third-order valence-electron chi connectivity index (χ3n) is 2.21. The van der Waals surface area contributed by atoms with Gasteiger partial charge in [-0.05, 0) is 49.3 Å². The maximum absolute atomic E-state index is 10.9. The van der Waals surface area contributed by atoms with Crippen molar-refractivity contribution < 1.29 is 14.3 Å². The van der Waals surface area contributed by atoms with Crippen molar-refractivity contribution in [2.45, 2.75) is 13.8 Å². The van der Waals surface area contributed by atoms with Crippen molar-refractivity contribution in [3.05, 3.63) is 23.3 Å². The lowest BCUT2D eigenvalue weighted by atomic mass is 10.1. The Morgan fingerprint density at radius 2 is 2.00 bits per heavy atom. The molecule has 5 heteroatoms. The average Bonchev–Trinajstić information content (AvgIpc) is 2.30. The van der Waals surface area contributed by atoms with Crippen LogP contribution in [0.25, 0.3) is 0 Å². The lowest BCUT2D eigenvalue weighted by Gasteiger charge is -2.09. The predicted octanol–water partition coefficient (Wildman–Crippen LogP) is 2.59. The number of aryl methyl sites for hydroxylation is 2. The molecule has 0 bridgehead atoms. The molecule has 0 N–H and O–H groups in total. The van der Waals surface area contributed by atoms with Crippen molar-refractivity contribution in [3.63, 3.8) is 0 Å². The van der Waals surface area contributed by atoms with Crippen molar-refractivity contribution in [3.8, 4) is 5.75 Å². The van der Waals surface area contributed by atoms with Crippen LogP contribution in [0.3, 0.4) is 0 Å². The zero-order chi connectivity index (χ0) is 12.8. The average molecular weight is 251 g/mol. The molecule has 0 unspecified atom stereocenters. The summed E-state index contributed by atoms with van der Waals surface area (Å²) >= 11 is 4.58. The van der Waals surface area contributed by atoms with Crippen LogP contribution in [0.5, 0.6) is 5.75 Å². The number of ether oxygens (including phenoxy) is 2. The van der Waals surface area contributed by atoms with Gasteiger partial charge in [-0.1, -0.05) is 0 Å². The predicted molar refractivity (Wildman–Crippen MR) is 68.1 cm³/mol. The second-order valence-corrected chi connectivity index (χ2v) is 3.66. The molecule has 0 heterocycles. The van der Waals surface area contributed by atoms with Crippen LogP contribution in [0.2, 0.25) is 0 Å². The van der Waals surface area contributed by atoms with Crippen molar-refractivity contribution >= 4 is 29.0 Å². The highest BCUT2D eigenvalue weighted by atomic mass is 32.1. The number of hydrogen-bond donors (Lipinski definition) is 0. The highest BCUT2D eigenvalue weighted by Crippen LogP contribution is 2.28. The van der Waals surface area contributed by atoms with E-state index in [2.05, 4.69) is 27.1 Å². The molecular formula is C12H13NO3S. The second kappa shape index (κ2) is 6.13. The van der Waals surface area contributed by atoms with Crippen LogP contribution in [0, 0.1) is 13.8 Å². The van der Waals surface area contributed by atoms with Crippen LogP contribution in [-0.2, 0) is 9.53 Å². The molecule has 0 saturated carbocycles. The topological polar surface area (TPSA) is 47.9 Å². The molecule has 0 amide bonds. The number of esters is 1. The van der Waals surface area contributed by atoms with Crippen LogP contribution >= 0.6 is 12.2 Å². The summed E-state index contributed by atoms with van der Waals surface area (Å²) in [6.07, 6.45) is 0. The van der Waals surface area contributed by atoms with E-state index in [-0.39, 0.29) is 6.61 Å². The molecule has 0 atom stereocenters. The van der Waals surface area contributed by atoms with Gasteiger partial charge < -0.3 is 9.47 Å². The first kappa shape index (κ1) is 13.4. The lowest BCUT2D eigenvalue weighted by molar-refractivity contribution is -0.142. The number of thiocarbonyl (C=S) groups is 1. The Bertz CT molecular complexity index is 456. The van der Waals surface area contributed by atoms with Crippen molar-refractivity contribution in [2.24, 2.45) is 4.99 Å². The van der Waals surface area contributed by atoms with Crippen molar-refractivity contribution in [2.75, 3.05) is 13.7 Å². The van der Waals surface area contributed by atoms with E-state index < -0.39 is 5.97 Å². The summed E-state index contributed by atoms with van der Waals surface area (Å²) < 4.78 is 9.78. The normalized spacial score (nSPS) is 9.35. The summed E-state index contributed by atoms with van der Waals surface area (Å²) in [6.45, 7) is 3.68. The fraction of sp³-hybridized carbons (Fsp3) is 0.333. The van der Waals surface area contributed by atoms with Crippen LogP contribution in [-0.4, -0.2) is 24.8 Å². The third kappa shape index (κ3) is 3.66. The zero-order valence-corrected chi connectivity index (χ0v) is 10.8. The van der Waals surface area contributed by atoms with Crippen LogP contribution in [0.4, 0.5) is 5.69 Å². The quantitative estimate of drug-likeness (QED) is 0.469. The van der Waals surface area contributed by atoms with E-state index in [4.69, 9.17) is 4.74 Å². The van der Waals surface area contributed by atoms with Crippen molar-refractivity contribution in [1.29, 1.82) is 0 Å². The van der Waals surface area contributed by atoms with Gasteiger partial charge in [-0.25, -0.2) is 4.79 Å². The summed E-state index contributed by atoms with van der Waals surface area (Å²) in [5.41, 5.74) is 2.62. The number of carbonyl (C=O) groups is 1. The van der Waals surface area contributed by atoms with E-state index >= 15 is 0 Å². The Kier molecular flexibility index (Phi) is 4.82. The number of hydrogen-bond acceptors (Lipinski definition) is 5. The number of aliphatic imine (C=N–C) groups is 1. The molecule has 4 nitrogen and oxygen atoms in total. The van der Waals surface area contributed by atoms with Gasteiger partial charge in [0, 0.05) is 0 Å². The largest absolute Gasteiger partial charge is 0.482 e. The Labute approximate surface area is 105 Å². The van der Waals surface area contributed by atoms with E-state index in [9.17, 15) is 4.79 Å². The van der Waals surface area contributed by atoms with E-state index in [1.807, 2.05) is 13.8 Å². The number of nitrogens with zero attached hydrogens (tertiary/aromatic N) is 1. The Balaban J connectivity index is 2.90. The number of methoxy groups -OCH3 is 1. The van der Waals surface area contributed by atoms with Crippen molar-refractivity contribution in [1.82, 2.24) is 0 Å². The number of benzene rings is 1. The molecule has 0 aliphatic rings. The monoisotopic (exact) mass is 251 g/mol.